The van der Waals surface area contributed by atoms with Crippen LogP contribution in [0.25, 0.3) is 0 Å². The molecule has 0 radical (unpaired) electrons. The van der Waals surface area contributed by atoms with Crippen molar-refractivity contribution < 1.29 is 13.6 Å². The molecule has 0 saturated carbocycles. The molecule has 1 aliphatic heterocycles. The second kappa shape index (κ2) is 8.63. The van der Waals surface area contributed by atoms with Crippen LogP contribution in [0.2, 0.25) is 0 Å². The molecule has 1 N–H and O–H groups in total. The Kier molecular flexibility index (Phi) is 6.02. The molecule has 0 bridgehead atoms. The fourth-order valence-corrected chi connectivity index (χ4v) is 3.42. The minimum atomic E-state index is -0.874. The third-order valence-corrected chi connectivity index (χ3v) is 4.92. The Morgan fingerprint density at radius 1 is 1.15 bits per heavy atom. The number of likely N-dealkylation sites (tertiary alicyclic amines) is 1. The summed E-state index contributed by atoms with van der Waals surface area (Å²) in [6.07, 6.45) is 2.84. The first-order valence-corrected chi connectivity index (χ1v) is 9.01. The second-order valence-corrected chi connectivity index (χ2v) is 6.79. The maximum Gasteiger partial charge on any atom is 0.241 e. The van der Waals surface area contributed by atoms with Crippen LogP contribution in [-0.4, -0.2) is 30.4 Å². The Bertz CT molecular complexity index is 817. The van der Waals surface area contributed by atoms with Gasteiger partial charge >= 0.3 is 0 Å². The van der Waals surface area contributed by atoms with Crippen LogP contribution >= 0.6 is 0 Å². The van der Waals surface area contributed by atoms with E-state index in [1.54, 1.807) is 11.0 Å². The number of carbonyl (C=O) groups is 1. The Hall–Kier alpha value is -2.94. The van der Waals surface area contributed by atoms with Gasteiger partial charge in [-0.1, -0.05) is 30.3 Å². The summed E-state index contributed by atoms with van der Waals surface area (Å²) in [5, 5.41) is 11.2. The molecule has 140 valence electrons. The van der Waals surface area contributed by atoms with Crippen molar-refractivity contribution in [3.05, 3.63) is 65.2 Å². The smallest absolute Gasteiger partial charge is 0.241 e. The van der Waals surface area contributed by atoms with Crippen LogP contribution in [0, 0.1) is 28.9 Å². The molecule has 2 aromatic rings. The van der Waals surface area contributed by atoms with E-state index >= 15 is 0 Å². The first kappa shape index (κ1) is 18.8. The first-order valence-electron chi connectivity index (χ1n) is 9.01. The number of benzene rings is 2. The van der Waals surface area contributed by atoms with Crippen molar-refractivity contribution in [1.29, 1.82) is 5.26 Å². The van der Waals surface area contributed by atoms with Crippen LogP contribution in [-0.2, 0) is 11.2 Å². The molecule has 1 saturated heterocycles. The summed E-state index contributed by atoms with van der Waals surface area (Å²) in [5.74, 6) is -1.39. The van der Waals surface area contributed by atoms with E-state index in [1.165, 1.54) is 5.56 Å². The maximum absolute atomic E-state index is 13.9. The number of hydrogen-bond donors (Lipinski definition) is 1. The van der Waals surface area contributed by atoms with Gasteiger partial charge in [0, 0.05) is 13.1 Å². The number of piperidine rings is 1. The maximum atomic E-state index is 13.9. The highest BCUT2D eigenvalue weighted by atomic mass is 19.1. The third-order valence-electron chi connectivity index (χ3n) is 4.92. The largest absolute Gasteiger partial charge is 0.371 e. The summed E-state index contributed by atoms with van der Waals surface area (Å²) in [6, 6.07) is 13.9. The van der Waals surface area contributed by atoms with Gasteiger partial charge in [0.15, 0.2) is 11.6 Å². The predicted octanol–water partition coefficient (Wildman–Crippen LogP) is 3.73. The van der Waals surface area contributed by atoms with Crippen LogP contribution in [0.5, 0.6) is 0 Å². The summed E-state index contributed by atoms with van der Waals surface area (Å²) < 4.78 is 27.7. The molecule has 0 spiro atoms. The fourth-order valence-electron chi connectivity index (χ4n) is 3.42. The van der Waals surface area contributed by atoms with Gasteiger partial charge in [-0.2, -0.15) is 5.26 Å². The van der Waals surface area contributed by atoms with Crippen LogP contribution < -0.4 is 5.32 Å². The highest BCUT2D eigenvalue weighted by Gasteiger charge is 2.23. The number of amides is 1. The van der Waals surface area contributed by atoms with Crippen LogP contribution in [0.15, 0.2) is 42.5 Å². The van der Waals surface area contributed by atoms with Crippen molar-refractivity contribution in [2.45, 2.75) is 19.3 Å². The number of hydrogen-bond acceptors (Lipinski definition) is 3. The second-order valence-electron chi connectivity index (χ2n) is 6.79. The van der Waals surface area contributed by atoms with Crippen molar-refractivity contribution in [3.63, 3.8) is 0 Å². The van der Waals surface area contributed by atoms with Gasteiger partial charge in [-0.05, 0) is 42.9 Å². The molecular formula is C21H21F2N3O. The van der Waals surface area contributed by atoms with Crippen LogP contribution in [0.3, 0.4) is 0 Å². The van der Waals surface area contributed by atoms with Crippen LogP contribution in [0.4, 0.5) is 14.5 Å². The summed E-state index contributed by atoms with van der Waals surface area (Å²) in [6.45, 7) is 1.12. The Balaban J connectivity index is 1.50. The minimum absolute atomic E-state index is 0.0950. The SMILES string of the molecule is N#Cc1cc(F)c(NCC(=O)N2CCC(Cc3ccccc3)CC2)c(F)c1. The number of carbonyl (C=O) groups excluding carboxylic acids is 1. The number of rotatable bonds is 5. The minimum Gasteiger partial charge on any atom is -0.371 e. The first-order chi connectivity index (χ1) is 13.1. The fraction of sp³-hybridized carbons (Fsp3) is 0.333. The van der Waals surface area contributed by atoms with Gasteiger partial charge in [0.2, 0.25) is 5.91 Å². The highest BCUT2D eigenvalue weighted by Crippen LogP contribution is 2.23. The van der Waals surface area contributed by atoms with Gasteiger partial charge in [-0.3, -0.25) is 4.79 Å². The molecule has 1 aliphatic rings. The van der Waals surface area contributed by atoms with Crippen LogP contribution in [0.1, 0.15) is 24.0 Å². The quantitative estimate of drug-likeness (QED) is 0.874. The topological polar surface area (TPSA) is 56.1 Å². The lowest BCUT2D eigenvalue weighted by atomic mass is 9.90. The van der Waals surface area contributed by atoms with Crippen molar-refractivity contribution in [2.75, 3.05) is 25.0 Å². The van der Waals surface area contributed by atoms with E-state index in [9.17, 15) is 13.6 Å². The number of nitrogens with zero attached hydrogens (tertiary/aromatic N) is 2. The Morgan fingerprint density at radius 3 is 2.37 bits per heavy atom. The Labute approximate surface area is 157 Å². The lowest BCUT2D eigenvalue weighted by molar-refractivity contribution is -0.130. The van der Waals surface area contributed by atoms with Gasteiger partial charge in [0.25, 0.3) is 0 Å². The molecule has 1 amide bonds. The summed E-state index contributed by atoms with van der Waals surface area (Å²) >= 11 is 0. The molecule has 0 aliphatic carbocycles. The molecule has 4 nitrogen and oxygen atoms in total. The number of halogens is 2. The van der Waals surface area contributed by atoms with E-state index in [0.717, 1.165) is 31.4 Å². The van der Waals surface area contributed by atoms with E-state index < -0.39 is 11.6 Å². The molecule has 3 rings (SSSR count). The predicted molar refractivity (Wildman–Crippen MR) is 99.0 cm³/mol. The van der Waals surface area contributed by atoms with E-state index in [0.29, 0.717) is 19.0 Å². The van der Waals surface area contributed by atoms with E-state index in [2.05, 4.69) is 17.4 Å². The van der Waals surface area contributed by atoms with E-state index in [1.807, 2.05) is 18.2 Å². The summed E-state index contributed by atoms with van der Waals surface area (Å²) in [5.41, 5.74) is 0.833. The van der Waals surface area contributed by atoms with E-state index in [-0.39, 0.29) is 23.7 Å². The number of nitrogens with one attached hydrogen (secondary N) is 1. The molecule has 0 aromatic heterocycles. The average molecular weight is 369 g/mol. The molecule has 27 heavy (non-hydrogen) atoms. The molecule has 0 atom stereocenters. The lowest BCUT2D eigenvalue weighted by Crippen LogP contribution is -2.41. The van der Waals surface area contributed by atoms with Crippen molar-refractivity contribution in [1.82, 2.24) is 4.90 Å². The lowest BCUT2D eigenvalue weighted by Gasteiger charge is -2.32. The highest BCUT2D eigenvalue weighted by molar-refractivity contribution is 5.81. The van der Waals surface area contributed by atoms with Gasteiger partial charge < -0.3 is 10.2 Å². The zero-order valence-corrected chi connectivity index (χ0v) is 14.9. The molecule has 2 aromatic carbocycles. The molecule has 1 fully saturated rings. The van der Waals surface area contributed by atoms with Gasteiger partial charge in [-0.25, -0.2) is 8.78 Å². The summed E-state index contributed by atoms with van der Waals surface area (Å²) in [4.78, 5) is 14.1. The normalized spacial score (nSPS) is 14.6. The molecule has 6 heteroatoms. The zero-order chi connectivity index (χ0) is 19.2. The van der Waals surface area contributed by atoms with Gasteiger partial charge in [0.1, 0.15) is 5.69 Å². The molecule has 1 heterocycles. The monoisotopic (exact) mass is 369 g/mol. The molecular weight excluding hydrogens is 348 g/mol. The molecule has 0 unspecified atom stereocenters. The van der Waals surface area contributed by atoms with Crippen molar-refractivity contribution in [2.24, 2.45) is 5.92 Å². The van der Waals surface area contributed by atoms with Crippen molar-refractivity contribution >= 4 is 11.6 Å². The van der Waals surface area contributed by atoms with Crippen molar-refractivity contribution in [3.8, 4) is 6.07 Å². The standard InChI is InChI=1S/C21H21F2N3O/c22-18-11-17(13-24)12-19(23)21(18)25-14-20(27)26-8-6-16(7-9-26)10-15-4-2-1-3-5-15/h1-5,11-12,16,25H,6-10,14H2. The van der Waals surface area contributed by atoms with E-state index in [4.69, 9.17) is 5.26 Å². The summed E-state index contributed by atoms with van der Waals surface area (Å²) in [7, 11) is 0. The average Bonchev–Trinajstić information content (AvgIpc) is 2.68. The number of nitriles is 1. The van der Waals surface area contributed by atoms with Gasteiger partial charge in [0.05, 0.1) is 18.2 Å². The number of anilines is 1. The zero-order valence-electron chi connectivity index (χ0n) is 14.9. The Morgan fingerprint density at radius 2 is 1.78 bits per heavy atom. The third kappa shape index (κ3) is 4.82. The van der Waals surface area contributed by atoms with Gasteiger partial charge in [-0.15, -0.1) is 0 Å².